The third-order valence-corrected chi connectivity index (χ3v) is 5.16. The molecule has 0 spiro atoms. The second-order valence-electron chi connectivity index (χ2n) is 5.48. The van der Waals surface area contributed by atoms with Gasteiger partial charge in [0.25, 0.3) is 10.0 Å². The van der Waals surface area contributed by atoms with Crippen molar-refractivity contribution in [1.82, 2.24) is 10.2 Å². The Morgan fingerprint density at radius 2 is 2.17 bits per heavy atom. The summed E-state index contributed by atoms with van der Waals surface area (Å²) >= 11 is 0. The molecule has 1 aliphatic rings. The Kier molecular flexibility index (Phi) is 3.85. The van der Waals surface area contributed by atoms with E-state index in [0.29, 0.717) is 19.4 Å². The number of carbonyl (C=O) groups excluding carboxylic acids is 1. The topological polar surface area (TPSA) is 95.2 Å². The van der Waals surface area contributed by atoms with Crippen LogP contribution in [0.2, 0.25) is 0 Å². The highest BCUT2D eigenvalue weighted by atomic mass is 32.2. The first kappa shape index (κ1) is 15.5. The van der Waals surface area contributed by atoms with E-state index in [1.165, 1.54) is 6.07 Å². The Labute approximate surface area is 134 Å². The molecule has 3 rings (SSSR count). The molecule has 1 amide bonds. The molecular formula is C15H18N4O3S. The molecule has 0 saturated heterocycles. The standard InChI is InChI=1S/C15H18N4O3S/c1-3-15(20)19-7-6-11-9-12(4-5-13(11)19)23(21,22)18-14-8-10(2)16-17-14/h4-5,8-9H,3,6-7H2,1-2H3,(H2,16,17,18). The Morgan fingerprint density at radius 3 is 2.83 bits per heavy atom. The molecule has 2 aromatic rings. The van der Waals surface area contributed by atoms with Crippen molar-refractivity contribution in [3.63, 3.8) is 0 Å². The van der Waals surface area contributed by atoms with E-state index in [2.05, 4.69) is 14.9 Å². The number of amides is 1. The van der Waals surface area contributed by atoms with E-state index in [9.17, 15) is 13.2 Å². The smallest absolute Gasteiger partial charge is 0.263 e. The minimum atomic E-state index is -3.70. The lowest BCUT2D eigenvalue weighted by molar-refractivity contribution is -0.118. The fraction of sp³-hybridized carbons (Fsp3) is 0.333. The van der Waals surface area contributed by atoms with Crippen LogP contribution >= 0.6 is 0 Å². The summed E-state index contributed by atoms with van der Waals surface area (Å²) in [4.78, 5) is 13.8. The summed E-state index contributed by atoms with van der Waals surface area (Å²) in [6.45, 7) is 4.20. The van der Waals surface area contributed by atoms with E-state index < -0.39 is 10.0 Å². The van der Waals surface area contributed by atoms with Crippen molar-refractivity contribution < 1.29 is 13.2 Å². The van der Waals surface area contributed by atoms with Gasteiger partial charge in [0.05, 0.1) is 4.90 Å². The summed E-state index contributed by atoms with van der Waals surface area (Å²) in [5.74, 6) is 0.301. The van der Waals surface area contributed by atoms with Crippen molar-refractivity contribution in [1.29, 1.82) is 0 Å². The second-order valence-corrected chi connectivity index (χ2v) is 7.16. The predicted octanol–water partition coefficient (Wildman–Crippen LogP) is 1.82. The number of hydrogen-bond acceptors (Lipinski definition) is 4. The number of H-pyrrole nitrogens is 1. The van der Waals surface area contributed by atoms with Crippen LogP contribution in [0.1, 0.15) is 24.6 Å². The van der Waals surface area contributed by atoms with Crippen LogP contribution in [0.3, 0.4) is 0 Å². The van der Waals surface area contributed by atoms with Gasteiger partial charge in [-0.1, -0.05) is 6.92 Å². The molecule has 0 unspecified atom stereocenters. The van der Waals surface area contributed by atoms with Gasteiger partial charge in [0, 0.05) is 30.4 Å². The van der Waals surface area contributed by atoms with Gasteiger partial charge in [0.2, 0.25) is 5.91 Å². The number of benzene rings is 1. The second kappa shape index (κ2) is 5.69. The van der Waals surface area contributed by atoms with Gasteiger partial charge in [0.1, 0.15) is 0 Å². The third kappa shape index (κ3) is 2.94. The number of nitrogens with one attached hydrogen (secondary N) is 2. The zero-order valence-electron chi connectivity index (χ0n) is 13.0. The molecule has 2 N–H and O–H groups in total. The van der Waals surface area contributed by atoms with Gasteiger partial charge in [0.15, 0.2) is 5.82 Å². The van der Waals surface area contributed by atoms with E-state index >= 15 is 0 Å². The molecule has 1 aromatic heterocycles. The fourth-order valence-electron chi connectivity index (χ4n) is 2.66. The lowest BCUT2D eigenvalue weighted by atomic mass is 10.2. The quantitative estimate of drug-likeness (QED) is 0.891. The Hall–Kier alpha value is -2.35. The van der Waals surface area contributed by atoms with Gasteiger partial charge in [-0.3, -0.25) is 14.6 Å². The molecule has 0 fully saturated rings. The average Bonchev–Trinajstić information content (AvgIpc) is 3.11. The predicted molar refractivity (Wildman–Crippen MR) is 86.9 cm³/mol. The van der Waals surface area contributed by atoms with Crippen molar-refractivity contribution >= 4 is 27.4 Å². The largest absolute Gasteiger partial charge is 0.312 e. The maximum atomic E-state index is 12.4. The molecule has 0 saturated carbocycles. The van der Waals surface area contributed by atoms with Gasteiger partial charge in [-0.05, 0) is 37.1 Å². The van der Waals surface area contributed by atoms with Crippen LogP contribution < -0.4 is 9.62 Å². The molecule has 7 nitrogen and oxygen atoms in total. The molecule has 23 heavy (non-hydrogen) atoms. The fourth-order valence-corrected chi connectivity index (χ4v) is 3.70. The maximum absolute atomic E-state index is 12.4. The summed E-state index contributed by atoms with van der Waals surface area (Å²) in [6.07, 6.45) is 1.09. The number of sulfonamides is 1. The molecule has 0 aliphatic carbocycles. The van der Waals surface area contributed by atoms with E-state index in [1.54, 1.807) is 30.0 Å². The number of aromatic nitrogens is 2. The highest BCUT2D eigenvalue weighted by molar-refractivity contribution is 7.92. The third-order valence-electron chi connectivity index (χ3n) is 3.81. The number of anilines is 2. The lowest BCUT2D eigenvalue weighted by Gasteiger charge is -2.16. The van der Waals surface area contributed by atoms with E-state index in [1.807, 2.05) is 6.92 Å². The van der Waals surface area contributed by atoms with Crippen LogP contribution in [-0.4, -0.2) is 31.1 Å². The zero-order valence-corrected chi connectivity index (χ0v) is 13.8. The minimum absolute atomic E-state index is 0.0458. The van der Waals surface area contributed by atoms with Crippen LogP contribution in [0.4, 0.5) is 11.5 Å². The van der Waals surface area contributed by atoms with Crippen LogP contribution in [-0.2, 0) is 21.2 Å². The number of aryl methyl sites for hydroxylation is 1. The number of rotatable bonds is 4. The summed E-state index contributed by atoms with van der Waals surface area (Å²) in [7, 11) is -3.70. The van der Waals surface area contributed by atoms with Gasteiger partial charge >= 0.3 is 0 Å². The van der Waals surface area contributed by atoms with Crippen molar-refractivity contribution in [3.05, 3.63) is 35.5 Å². The monoisotopic (exact) mass is 334 g/mol. The van der Waals surface area contributed by atoms with Crippen molar-refractivity contribution in [3.8, 4) is 0 Å². The van der Waals surface area contributed by atoms with E-state index in [-0.39, 0.29) is 16.6 Å². The zero-order chi connectivity index (χ0) is 16.6. The molecule has 8 heteroatoms. The Bertz CT molecular complexity index is 857. The Morgan fingerprint density at radius 1 is 1.39 bits per heavy atom. The molecular weight excluding hydrogens is 316 g/mol. The van der Waals surface area contributed by atoms with Gasteiger partial charge < -0.3 is 4.90 Å². The lowest BCUT2D eigenvalue weighted by Crippen LogP contribution is -2.27. The summed E-state index contributed by atoms with van der Waals surface area (Å²) in [5.41, 5.74) is 2.43. The number of fused-ring (bicyclic) bond motifs is 1. The first-order valence-corrected chi connectivity index (χ1v) is 8.87. The summed E-state index contributed by atoms with van der Waals surface area (Å²) in [6, 6.07) is 6.45. The molecule has 0 bridgehead atoms. The molecule has 1 aliphatic heterocycles. The molecule has 1 aromatic carbocycles. The highest BCUT2D eigenvalue weighted by Gasteiger charge is 2.26. The maximum Gasteiger partial charge on any atom is 0.263 e. The highest BCUT2D eigenvalue weighted by Crippen LogP contribution is 2.31. The minimum Gasteiger partial charge on any atom is -0.312 e. The summed E-state index contributed by atoms with van der Waals surface area (Å²) < 4.78 is 27.3. The molecule has 2 heterocycles. The van der Waals surface area contributed by atoms with E-state index in [4.69, 9.17) is 0 Å². The first-order chi connectivity index (χ1) is 10.9. The SMILES string of the molecule is CCC(=O)N1CCc2cc(S(=O)(=O)Nc3cc(C)[nH]n3)ccc21. The number of nitrogens with zero attached hydrogens (tertiary/aromatic N) is 2. The normalized spacial score (nSPS) is 13.9. The van der Waals surface area contributed by atoms with E-state index in [0.717, 1.165) is 16.9 Å². The van der Waals surface area contributed by atoms with Crippen molar-refractivity contribution in [2.24, 2.45) is 0 Å². The van der Waals surface area contributed by atoms with Crippen LogP contribution in [0.15, 0.2) is 29.2 Å². The number of carbonyl (C=O) groups is 1. The molecule has 0 radical (unpaired) electrons. The van der Waals surface area contributed by atoms with Crippen LogP contribution in [0, 0.1) is 6.92 Å². The number of hydrogen-bond donors (Lipinski definition) is 2. The van der Waals surface area contributed by atoms with Crippen molar-refractivity contribution in [2.75, 3.05) is 16.2 Å². The molecule has 122 valence electrons. The van der Waals surface area contributed by atoms with Crippen LogP contribution in [0.5, 0.6) is 0 Å². The van der Waals surface area contributed by atoms with Gasteiger partial charge in [-0.25, -0.2) is 8.42 Å². The molecule has 0 atom stereocenters. The average molecular weight is 334 g/mol. The van der Waals surface area contributed by atoms with Crippen LogP contribution in [0.25, 0.3) is 0 Å². The van der Waals surface area contributed by atoms with Gasteiger partial charge in [-0.15, -0.1) is 0 Å². The Balaban J connectivity index is 1.89. The summed E-state index contributed by atoms with van der Waals surface area (Å²) in [5, 5.41) is 6.57. The first-order valence-electron chi connectivity index (χ1n) is 7.39. The van der Waals surface area contributed by atoms with Gasteiger partial charge in [-0.2, -0.15) is 5.10 Å². The van der Waals surface area contributed by atoms with Crippen molar-refractivity contribution in [2.45, 2.75) is 31.6 Å². The number of aromatic amines is 1.